The molecule has 2 rings (SSSR count). The number of sulfonamides is 1. The SMILES string of the molecule is CCCNCc1cccc(CS(=O)(=O)NC2(C)CCC2)c1. The van der Waals surface area contributed by atoms with Gasteiger partial charge in [0.05, 0.1) is 5.75 Å². The number of hydrogen-bond donors (Lipinski definition) is 2. The lowest BCUT2D eigenvalue weighted by Gasteiger charge is -2.38. The van der Waals surface area contributed by atoms with Crippen LogP contribution in [0.3, 0.4) is 0 Å². The summed E-state index contributed by atoms with van der Waals surface area (Å²) in [6, 6.07) is 7.81. The van der Waals surface area contributed by atoms with Crippen molar-refractivity contribution in [1.82, 2.24) is 10.0 Å². The van der Waals surface area contributed by atoms with E-state index in [0.29, 0.717) is 0 Å². The van der Waals surface area contributed by atoms with E-state index in [1.54, 1.807) is 0 Å². The Morgan fingerprint density at radius 1 is 1.24 bits per heavy atom. The first-order valence-electron chi connectivity index (χ1n) is 7.73. The van der Waals surface area contributed by atoms with Crippen molar-refractivity contribution in [3.05, 3.63) is 35.4 Å². The van der Waals surface area contributed by atoms with Gasteiger partial charge in [-0.15, -0.1) is 0 Å². The van der Waals surface area contributed by atoms with Gasteiger partial charge in [0.1, 0.15) is 0 Å². The molecule has 1 fully saturated rings. The molecule has 5 heteroatoms. The van der Waals surface area contributed by atoms with Gasteiger partial charge in [-0.05, 0) is 50.3 Å². The van der Waals surface area contributed by atoms with E-state index in [1.807, 2.05) is 31.2 Å². The third-order valence-electron chi connectivity index (χ3n) is 3.96. The van der Waals surface area contributed by atoms with E-state index >= 15 is 0 Å². The Bertz CT molecular complexity index is 565. The summed E-state index contributed by atoms with van der Waals surface area (Å²) in [6.45, 7) is 5.87. The van der Waals surface area contributed by atoms with Gasteiger partial charge < -0.3 is 5.32 Å². The van der Waals surface area contributed by atoms with Crippen molar-refractivity contribution in [1.29, 1.82) is 0 Å². The molecule has 0 spiro atoms. The van der Waals surface area contributed by atoms with Crippen LogP contribution in [0.25, 0.3) is 0 Å². The molecular formula is C16H26N2O2S. The van der Waals surface area contributed by atoms with Crippen LogP contribution in [-0.2, 0) is 22.3 Å². The summed E-state index contributed by atoms with van der Waals surface area (Å²) in [5, 5.41) is 3.33. The molecule has 0 radical (unpaired) electrons. The average Bonchev–Trinajstić information content (AvgIpc) is 2.36. The highest BCUT2D eigenvalue weighted by molar-refractivity contribution is 7.88. The highest BCUT2D eigenvalue weighted by atomic mass is 32.2. The van der Waals surface area contributed by atoms with Gasteiger partial charge in [-0.2, -0.15) is 0 Å². The third-order valence-corrected chi connectivity index (χ3v) is 5.48. The van der Waals surface area contributed by atoms with Gasteiger partial charge in [-0.25, -0.2) is 13.1 Å². The van der Waals surface area contributed by atoms with E-state index in [-0.39, 0.29) is 11.3 Å². The number of nitrogens with one attached hydrogen (secondary N) is 2. The van der Waals surface area contributed by atoms with Crippen LogP contribution in [0, 0.1) is 0 Å². The van der Waals surface area contributed by atoms with Gasteiger partial charge in [0, 0.05) is 12.1 Å². The number of hydrogen-bond acceptors (Lipinski definition) is 3. The molecule has 0 atom stereocenters. The third kappa shape index (κ3) is 5.09. The molecule has 0 unspecified atom stereocenters. The predicted molar refractivity (Wildman–Crippen MR) is 86.5 cm³/mol. The minimum Gasteiger partial charge on any atom is -0.313 e. The van der Waals surface area contributed by atoms with Crippen molar-refractivity contribution in [3.8, 4) is 0 Å². The zero-order chi connectivity index (χ0) is 15.3. The van der Waals surface area contributed by atoms with Gasteiger partial charge in [-0.3, -0.25) is 0 Å². The maximum absolute atomic E-state index is 12.3. The van der Waals surface area contributed by atoms with Gasteiger partial charge in [-0.1, -0.05) is 31.2 Å². The zero-order valence-electron chi connectivity index (χ0n) is 13.0. The van der Waals surface area contributed by atoms with E-state index < -0.39 is 10.0 Å². The van der Waals surface area contributed by atoms with Crippen molar-refractivity contribution in [2.24, 2.45) is 0 Å². The number of rotatable bonds is 8. The minimum absolute atomic E-state index is 0.0597. The fourth-order valence-corrected chi connectivity index (χ4v) is 4.32. The Morgan fingerprint density at radius 3 is 2.57 bits per heavy atom. The van der Waals surface area contributed by atoms with Gasteiger partial charge in [0.25, 0.3) is 0 Å². The second-order valence-electron chi connectivity index (χ2n) is 6.27. The molecule has 0 aromatic heterocycles. The predicted octanol–water partition coefficient (Wildman–Crippen LogP) is 2.55. The molecule has 0 heterocycles. The van der Waals surface area contributed by atoms with Crippen LogP contribution in [0.2, 0.25) is 0 Å². The molecule has 1 aromatic carbocycles. The molecule has 1 aliphatic carbocycles. The van der Waals surface area contributed by atoms with Crippen LogP contribution in [0.15, 0.2) is 24.3 Å². The lowest BCUT2D eigenvalue weighted by atomic mass is 9.80. The van der Waals surface area contributed by atoms with Crippen molar-refractivity contribution in [2.75, 3.05) is 6.54 Å². The Hall–Kier alpha value is -0.910. The molecule has 4 nitrogen and oxygen atoms in total. The summed E-state index contributed by atoms with van der Waals surface area (Å²) in [5.74, 6) is 0.0597. The monoisotopic (exact) mass is 310 g/mol. The molecule has 0 bridgehead atoms. The second-order valence-corrected chi connectivity index (χ2v) is 7.99. The highest BCUT2D eigenvalue weighted by Crippen LogP contribution is 2.32. The first-order valence-corrected chi connectivity index (χ1v) is 9.38. The Morgan fingerprint density at radius 2 is 1.95 bits per heavy atom. The molecule has 0 saturated heterocycles. The van der Waals surface area contributed by atoms with Crippen molar-refractivity contribution >= 4 is 10.0 Å². The van der Waals surface area contributed by atoms with Crippen molar-refractivity contribution in [3.63, 3.8) is 0 Å². The van der Waals surface area contributed by atoms with E-state index in [0.717, 1.165) is 49.9 Å². The molecule has 21 heavy (non-hydrogen) atoms. The summed E-state index contributed by atoms with van der Waals surface area (Å²) in [7, 11) is -3.27. The average molecular weight is 310 g/mol. The van der Waals surface area contributed by atoms with E-state index in [9.17, 15) is 8.42 Å². The van der Waals surface area contributed by atoms with Gasteiger partial charge in [0.15, 0.2) is 0 Å². The summed E-state index contributed by atoms with van der Waals surface area (Å²) in [6.07, 6.45) is 4.08. The lowest BCUT2D eigenvalue weighted by Crippen LogP contribution is -2.51. The van der Waals surface area contributed by atoms with Crippen LogP contribution in [0.4, 0.5) is 0 Å². The summed E-state index contributed by atoms with van der Waals surface area (Å²) in [5.41, 5.74) is 1.76. The summed E-state index contributed by atoms with van der Waals surface area (Å²) < 4.78 is 27.4. The van der Waals surface area contributed by atoms with Gasteiger partial charge >= 0.3 is 0 Å². The molecular weight excluding hydrogens is 284 g/mol. The Labute approximate surface area is 128 Å². The fraction of sp³-hybridized carbons (Fsp3) is 0.625. The van der Waals surface area contributed by atoms with Crippen LogP contribution < -0.4 is 10.0 Å². The quantitative estimate of drug-likeness (QED) is 0.726. The summed E-state index contributed by atoms with van der Waals surface area (Å²) >= 11 is 0. The molecule has 1 aromatic rings. The van der Waals surface area contributed by atoms with Crippen molar-refractivity contribution in [2.45, 2.75) is 57.4 Å². The molecule has 1 saturated carbocycles. The van der Waals surface area contributed by atoms with Crippen LogP contribution >= 0.6 is 0 Å². The zero-order valence-corrected chi connectivity index (χ0v) is 13.8. The molecule has 1 aliphatic rings. The second kappa shape index (κ2) is 6.90. The minimum atomic E-state index is -3.27. The number of benzene rings is 1. The molecule has 2 N–H and O–H groups in total. The highest BCUT2D eigenvalue weighted by Gasteiger charge is 2.35. The topological polar surface area (TPSA) is 58.2 Å². The van der Waals surface area contributed by atoms with Crippen LogP contribution in [0.1, 0.15) is 50.7 Å². The van der Waals surface area contributed by atoms with E-state index in [1.165, 1.54) is 0 Å². The molecule has 118 valence electrons. The smallest absolute Gasteiger partial charge is 0.216 e. The van der Waals surface area contributed by atoms with E-state index in [2.05, 4.69) is 17.0 Å². The van der Waals surface area contributed by atoms with Crippen LogP contribution in [0.5, 0.6) is 0 Å². The van der Waals surface area contributed by atoms with E-state index in [4.69, 9.17) is 0 Å². The largest absolute Gasteiger partial charge is 0.313 e. The maximum atomic E-state index is 12.3. The molecule has 0 amide bonds. The van der Waals surface area contributed by atoms with Crippen LogP contribution in [-0.4, -0.2) is 20.5 Å². The summed E-state index contributed by atoms with van der Waals surface area (Å²) in [4.78, 5) is 0. The standard InChI is InChI=1S/C16H26N2O2S/c1-3-10-17-12-14-6-4-7-15(11-14)13-21(19,20)18-16(2)8-5-9-16/h4,6-7,11,17-18H,3,5,8-10,12-13H2,1-2H3. The Balaban J connectivity index is 1.96. The normalized spacial score (nSPS) is 17.4. The molecule has 0 aliphatic heterocycles. The fourth-order valence-electron chi connectivity index (χ4n) is 2.68. The first-order chi connectivity index (χ1) is 9.92. The Kier molecular flexibility index (Phi) is 5.41. The maximum Gasteiger partial charge on any atom is 0.216 e. The van der Waals surface area contributed by atoms with Gasteiger partial charge in [0.2, 0.25) is 10.0 Å². The van der Waals surface area contributed by atoms with Crippen molar-refractivity contribution < 1.29 is 8.42 Å². The first kappa shape index (κ1) is 16.5. The lowest BCUT2D eigenvalue weighted by molar-refractivity contribution is 0.248.